The van der Waals surface area contributed by atoms with Crippen molar-refractivity contribution >= 4 is 47.6 Å². The molecule has 5 aromatic carbocycles. The third-order valence-corrected chi connectivity index (χ3v) is 9.14. The van der Waals surface area contributed by atoms with Gasteiger partial charge in [-0.15, -0.1) is 0 Å². The van der Waals surface area contributed by atoms with Crippen LogP contribution in [0, 0.1) is 0 Å². The van der Waals surface area contributed by atoms with Gasteiger partial charge in [-0.25, -0.2) is 8.42 Å². The van der Waals surface area contributed by atoms with Gasteiger partial charge in [0.05, 0.1) is 20.8 Å². The molecular weight excluding hydrogens is 518 g/mol. The van der Waals surface area contributed by atoms with Crippen LogP contribution in [0.3, 0.4) is 0 Å². The van der Waals surface area contributed by atoms with Gasteiger partial charge in [-0.3, -0.25) is 0 Å². The van der Waals surface area contributed by atoms with E-state index in [4.69, 9.17) is 0 Å². The Morgan fingerprint density at radius 1 is 0.571 bits per heavy atom. The van der Waals surface area contributed by atoms with Crippen molar-refractivity contribution < 1.29 is 8.42 Å². The van der Waals surface area contributed by atoms with E-state index >= 15 is 0 Å². The molecular formula is C30H18BrNO2S. The zero-order chi connectivity index (χ0) is 23.7. The molecule has 0 saturated heterocycles. The van der Waals surface area contributed by atoms with E-state index in [1.165, 1.54) is 5.39 Å². The summed E-state index contributed by atoms with van der Waals surface area (Å²) < 4.78 is 29.7. The molecule has 0 radical (unpaired) electrons. The average Bonchev–Trinajstić information content (AvgIpc) is 3.33. The van der Waals surface area contributed by atoms with E-state index < -0.39 is 9.84 Å². The third kappa shape index (κ3) is 2.98. The van der Waals surface area contributed by atoms with E-state index in [9.17, 15) is 8.42 Å². The van der Waals surface area contributed by atoms with E-state index in [0.29, 0.717) is 9.79 Å². The Morgan fingerprint density at radius 3 is 2.03 bits per heavy atom. The van der Waals surface area contributed by atoms with Crippen LogP contribution in [0.4, 0.5) is 0 Å². The van der Waals surface area contributed by atoms with Gasteiger partial charge in [-0.2, -0.15) is 0 Å². The minimum absolute atomic E-state index is 0.361. The Balaban J connectivity index is 1.44. The van der Waals surface area contributed by atoms with Gasteiger partial charge in [0.25, 0.3) is 0 Å². The third-order valence-electron chi connectivity index (χ3n) is 6.81. The second kappa shape index (κ2) is 7.41. The molecule has 1 aromatic heterocycles. The summed E-state index contributed by atoms with van der Waals surface area (Å²) in [4.78, 5) is 0.732. The first kappa shape index (κ1) is 20.7. The number of aromatic nitrogens is 1. The van der Waals surface area contributed by atoms with Crippen LogP contribution in [0.15, 0.2) is 123 Å². The van der Waals surface area contributed by atoms with E-state index in [0.717, 1.165) is 48.8 Å². The molecule has 0 bridgehead atoms. The topological polar surface area (TPSA) is 39.1 Å². The van der Waals surface area contributed by atoms with E-state index in [-0.39, 0.29) is 0 Å². The highest BCUT2D eigenvalue weighted by Crippen LogP contribution is 2.45. The van der Waals surface area contributed by atoms with Crippen LogP contribution in [-0.2, 0) is 9.84 Å². The Labute approximate surface area is 211 Å². The molecule has 0 unspecified atom stereocenters. The summed E-state index contributed by atoms with van der Waals surface area (Å²) in [6.07, 6.45) is 0. The number of hydrogen-bond acceptors (Lipinski definition) is 2. The SMILES string of the molecule is O=S1(=O)c2cc(Br)ccc2-c2ccc(-c3ccc4c(c3)c3ccccc3n4-c3ccccc3)cc21. The molecule has 2 heterocycles. The minimum atomic E-state index is -3.56. The lowest BCUT2D eigenvalue weighted by Gasteiger charge is -2.09. The fraction of sp³-hybridized carbons (Fsp3) is 0. The number of rotatable bonds is 2. The van der Waals surface area contributed by atoms with Crippen LogP contribution in [0.1, 0.15) is 0 Å². The van der Waals surface area contributed by atoms with Crippen LogP contribution < -0.4 is 0 Å². The van der Waals surface area contributed by atoms with Crippen LogP contribution in [0.5, 0.6) is 0 Å². The van der Waals surface area contributed by atoms with E-state index in [1.807, 2.05) is 48.5 Å². The van der Waals surface area contributed by atoms with Crippen molar-refractivity contribution in [2.75, 3.05) is 0 Å². The number of fused-ring (bicyclic) bond motifs is 6. The standard InChI is InChI=1S/C30H18BrNO2S/c31-21-12-14-25-24-13-10-20(17-29(24)35(33,34)30(25)18-21)19-11-15-28-26(16-19)23-8-4-5-9-27(23)32(28)22-6-2-1-3-7-22/h1-18H. The highest BCUT2D eigenvalue weighted by molar-refractivity contribution is 9.10. The summed E-state index contributed by atoms with van der Waals surface area (Å²) in [6.45, 7) is 0. The van der Waals surface area contributed by atoms with Crippen LogP contribution in [-0.4, -0.2) is 13.0 Å². The van der Waals surface area contributed by atoms with E-state index in [1.54, 1.807) is 6.07 Å². The zero-order valence-corrected chi connectivity index (χ0v) is 20.8. The molecule has 7 rings (SSSR count). The number of benzene rings is 5. The van der Waals surface area contributed by atoms with Crippen molar-refractivity contribution in [2.45, 2.75) is 9.79 Å². The molecule has 0 spiro atoms. The van der Waals surface area contributed by atoms with Crippen molar-refractivity contribution in [2.24, 2.45) is 0 Å². The molecule has 35 heavy (non-hydrogen) atoms. The van der Waals surface area contributed by atoms with Gasteiger partial charge in [0.1, 0.15) is 0 Å². The van der Waals surface area contributed by atoms with E-state index in [2.05, 4.69) is 75.1 Å². The quantitative estimate of drug-likeness (QED) is 0.224. The highest BCUT2D eigenvalue weighted by atomic mass is 79.9. The summed E-state index contributed by atoms with van der Waals surface area (Å²) in [5, 5.41) is 2.30. The molecule has 0 aliphatic carbocycles. The Morgan fingerprint density at radius 2 is 1.20 bits per heavy atom. The molecule has 1 aliphatic heterocycles. The lowest BCUT2D eigenvalue weighted by molar-refractivity contribution is 0.598. The summed E-state index contributed by atoms with van der Waals surface area (Å²) in [5.41, 5.74) is 6.77. The van der Waals surface area contributed by atoms with Gasteiger partial charge in [0, 0.05) is 32.1 Å². The maximum atomic E-state index is 13.3. The van der Waals surface area contributed by atoms with Gasteiger partial charge in [-0.1, -0.05) is 76.6 Å². The Bertz CT molecular complexity index is 1920. The van der Waals surface area contributed by atoms with Gasteiger partial charge in [0.15, 0.2) is 0 Å². The molecule has 0 amide bonds. The summed E-state index contributed by atoms with van der Waals surface area (Å²) >= 11 is 3.41. The number of para-hydroxylation sites is 2. The van der Waals surface area contributed by atoms with Gasteiger partial charge in [-0.05, 0) is 59.7 Å². The summed E-state index contributed by atoms with van der Waals surface area (Å²) in [5.74, 6) is 0. The van der Waals surface area contributed by atoms with Crippen LogP contribution in [0.25, 0.3) is 49.7 Å². The first-order valence-corrected chi connectivity index (χ1v) is 13.6. The first-order chi connectivity index (χ1) is 17.0. The molecule has 0 N–H and O–H groups in total. The normalized spacial score (nSPS) is 13.7. The Hall–Kier alpha value is -3.67. The van der Waals surface area contributed by atoms with Crippen molar-refractivity contribution in [1.82, 2.24) is 4.57 Å². The molecule has 168 valence electrons. The minimum Gasteiger partial charge on any atom is -0.309 e. The lowest BCUT2D eigenvalue weighted by Crippen LogP contribution is -1.97. The zero-order valence-electron chi connectivity index (χ0n) is 18.4. The fourth-order valence-electron chi connectivity index (χ4n) is 5.21. The van der Waals surface area contributed by atoms with Crippen molar-refractivity contribution in [1.29, 1.82) is 0 Å². The molecule has 5 heteroatoms. The fourth-order valence-corrected chi connectivity index (χ4v) is 7.46. The number of halogens is 1. The van der Waals surface area contributed by atoms with Gasteiger partial charge in [0.2, 0.25) is 9.84 Å². The second-order valence-corrected chi connectivity index (χ2v) is 11.6. The molecule has 0 saturated carbocycles. The Kier molecular flexibility index (Phi) is 4.38. The molecule has 0 fully saturated rings. The first-order valence-electron chi connectivity index (χ1n) is 11.3. The van der Waals surface area contributed by atoms with Crippen molar-refractivity contribution in [3.63, 3.8) is 0 Å². The second-order valence-electron chi connectivity index (χ2n) is 8.77. The summed E-state index contributed by atoms with van der Waals surface area (Å²) in [7, 11) is -3.56. The lowest BCUT2D eigenvalue weighted by atomic mass is 9.99. The van der Waals surface area contributed by atoms with Crippen molar-refractivity contribution in [3.05, 3.63) is 114 Å². The molecule has 0 atom stereocenters. The maximum Gasteiger partial charge on any atom is 0.207 e. The van der Waals surface area contributed by atoms with Gasteiger partial charge < -0.3 is 4.57 Å². The van der Waals surface area contributed by atoms with Gasteiger partial charge >= 0.3 is 0 Å². The maximum absolute atomic E-state index is 13.3. The van der Waals surface area contributed by atoms with Crippen LogP contribution >= 0.6 is 15.9 Å². The number of nitrogens with zero attached hydrogens (tertiary/aromatic N) is 1. The summed E-state index contributed by atoms with van der Waals surface area (Å²) in [6, 6.07) is 36.3. The average molecular weight is 536 g/mol. The number of sulfone groups is 1. The van der Waals surface area contributed by atoms with Crippen molar-refractivity contribution in [3.8, 4) is 27.9 Å². The largest absolute Gasteiger partial charge is 0.309 e. The monoisotopic (exact) mass is 535 g/mol. The molecule has 1 aliphatic rings. The molecule has 3 nitrogen and oxygen atoms in total. The smallest absolute Gasteiger partial charge is 0.207 e. The highest BCUT2D eigenvalue weighted by Gasteiger charge is 2.33. The number of hydrogen-bond donors (Lipinski definition) is 0. The predicted octanol–water partition coefficient (Wildman–Crippen LogP) is 8.03. The predicted molar refractivity (Wildman–Crippen MR) is 145 cm³/mol. The van der Waals surface area contributed by atoms with Crippen LogP contribution in [0.2, 0.25) is 0 Å². The molecule has 6 aromatic rings.